The molecule has 0 spiro atoms. The van der Waals surface area contributed by atoms with Crippen LogP contribution in [0.2, 0.25) is 0 Å². The summed E-state index contributed by atoms with van der Waals surface area (Å²) in [6, 6.07) is 7.35. The van der Waals surface area contributed by atoms with Gasteiger partial charge in [-0.2, -0.15) is 8.78 Å². The van der Waals surface area contributed by atoms with Crippen LogP contribution in [0.5, 0.6) is 5.75 Å². The van der Waals surface area contributed by atoms with Gasteiger partial charge in [0.05, 0.1) is 0 Å². The van der Waals surface area contributed by atoms with Gasteiger partial charge in [-0.15, -0.1) is 0 Å². The van der Waals surface area contributed by atoms with Crippen LogP contribution in [-0.2, 0) is 0 Å². The van der Waals surface area contributed by atoms with E-state index in [2.05, 4.69) is 21.9 Å². The molecule has 0 aromatic heterocycles. The standard InChI is InChI=1S/C16H22F2N2O/c1-11(12-2-4-15(5-3-12)21-16(17)18)20-7-6-13-8-19-9-14(13)10-20/h2-5,11,13-14,16,19H,6-10H2,1H3. The topological polar surface area (TPSA) is 24.5 Å². The molecular formula is C16H22F2N2O. The minimum absolute atomic E-state index is 0.222. The number of nitrogens with zero attached hydrogens (tertiary/aromatic N) is 1. The number of hydrogen-bond acceptors (Lipinski definition) is 3. The Morgan fingerprint density at radius 2 is 1.90 bits per heavy atom. The molecule has 1 aromatic rings. The van der Waals surface area contributed by atoms with Gasteiger partial charge in [-0.25, -0.2) is 0 Å². The van der Waals surface area contributed by atoms with Crippen LogP contribution in [-0.4, -0.2) is 37.7 Å². The normalized spacial score (nSPS) is 27.6. The Balaban J connectivity index is 1.63. The highest BCUT2D eigenvalue weighted by Crippen LogP contribution is 2.32. The van der Waals surface area contributed by atoms with E-state index in [0.717, 1.165) is 43.6 Å². The fourth-order valence-corrected chi connectivity index (χ4v) is 3.55. The van der Waals surface area contributed by atoms with Crippen molar-refractivity contribution in [1.82, 2.24) is 10.2 Å². The number of benzene rings is 1. The van der Waals surface area contributed by atoms with E-state index >= 15 is 0 Å². The highest BCUT2D eigenvalue weighted by atomic mass is 19.3. The number of hydrogen-bond donors (Lipinski definition) is 1. The molecule has 1 aromatic carbocycles. The number of fused-ring (bicyclic) bond motifs is 1. The van der Waals surface area contributed by atoms with Crippen molar-refractivity contribution in [3.05, 3.63) is 29.8 Å². The molecular weight excluding hydrogens is 274 g/mol. The molecule has 1 N–H and O–H groups in total. The van der Waals surface area contributed by atoms with Crippen LogP contribution in [0.3, 0.4) is 0 Å². The van der Waals surface area contributed by atoms with Crippen molar-refractivity contribution < 1.29 is 13.5 Å². The van der Waals surface area contributed by atoms with E-state index in [0.29, 0.717) is 6.04 Å². The molecule has 0 aliphatic carbocycles. The summed E-state index contributed by atoms with van der Waals surface area (Å²) in [5.74, 6) is 1.80. The molecule has 0 radical (unpaired) electrons. The number of nitrogens with one attached hydrogen (secondary N) is 1. The quantitative estimate of drug-likeness (QED) is 0.924. The zero-order chi connectivity index (χ0) is 14.8. The van der Waals surface area contributed by atoms with Gasteiger partial charge in [0.15, 0.2) is 0 Å². The van der Waals surface area contributed by atoms with E-state index in [4.69, 9.17) is 0 Å². The number of rotatable bonds is 4. The molecule has 3 atom stereocenters. The Kier molecular flexibility index (Phi) is 4.40. The largest absolute Gasteiger partial charge is 0.435 e. The highest BCUT2D eigenvalue weighted by Gasteiger charge is 2.34. The minimum Gasteiger partial charge on any atom is -0.435 e. The first-order chi connectivity index (χ1) is 10.1. The summed E-state index contributed by atoms with van der Waals surface area (Å²) >= 11 is 0. The van der Waals surface area contributed by atoms with Crippen molar-refractivity contribution in [2.24, 2.45) is 11.8 Å². The lowest BCUT2D eigenvalue weighted by molar-refractivity contribution is -0.0498. The first kappa shape index (κ1) is 14.7. The Bertz CT molecular complexity index is 466. The molecule has 2 heterocycles. The van der Waals surface area contributed by atoms with E-state index in [9.17, 15) is 8.78 Å². The van der Waals surface area contributed by atoms with E-state index in [-0.39, 0.29) is 5.75 Å². The highest BCUT2D eigenvalue weighted by molar-refractivity contribution is 5.29. The van der Waals surface area contributed by atoms with Gasteiger partial charge in [-0.05, 0) is 62.5 Å². The van der Waals surface area contributed by atoms with Crippen molar-refractivity contribution in [2.75, 3.05) is 26.2 Å². The van der Waals surface area contributed by atoms with E-state index in [1.54, 1.807) is 12.1 Å². The molecule has 116 valence electrons. The lowest BCUT2D eigenvalue weighted by atomic mass is 9.87. The molecule has 2 saturated heterocycles. The number of alkyl halides is 2. The van der Waals surface area contributed by atoms with Gasteiger partial charge >= 0.3 is 6.61 Å². The van der Waals surface area contributed by atoms with Crippen LogP contribution < -0.4 is 10.1 Å². The third-order valence-corrected chi connectivity index (χ3v) is 4.87. The van der Waals surface area contributed by atoms with Crippen LogP contribution in [0.4, 0.5) is 8.78 Å². The second-order valence-electron chi connectivity index (χ2n) is 6.09. The summed E-state index contributed by atoms with van der Waals surface area (Å²) in [6.45, 7) is 3.93. The number of halogens is 2. The van der Waals surface area contributed by atoms with Gasteiger partial charge in [0.25, 0.3) is 0 Å². The number of ether oxygens (including phenoxy) is 1. The molecule has 3 rings (SSSR count). The second-order valence-corrected chi connectivity index (χ2v) is 6.09. The lowest BCUT2D eigenvalue weighted by Crippen LogP contribution is -2.41. The van der Waals surface area contributed by atoms with Crippen LogP contribution >= 0.6 is 0 Å². The monoisotopic (exact) mass is 296 g/mol. The molecule has 2 aliphatic heterocycles. The first-order valence-corrected chi connectivity index (χ1v) is 7.63. The van der Waals surface area contributed by atoms with E-state index in [1.807, 2.05) is 12.1 Å². The predicted octanol–water partition coefficient (Wildman–Crippen LogP) is 2.89. The lowest BCUT2D eigenvalue weighted by Gasteiger charge is -2.38. The molecule has 5 heteroatoms. The Morgan fingerprint density at radius 1 is 1.19 bits per heavy atom. The van der Waals surface area contributed by atoms with Crippen LogP contribution in [0.15, 0.2) is 24.3 Å². The van der Waals surface area contributed by atoms with Crippen LogP contribution in [0.1, 0.15) is 24.9 Å². The van der Waals surface area contributed by atoms with Gasteiger partial charge < -0.3 is 10.1 Å². The van der Waals surface area contributed by atoms with Gasteiger partial charge in [0.2, 0.25) is 0 Å². The van der Waals surface area contributed by atoms with Crippen molar-refractivity contribution in [2.45, 2.75) is 26.0 Å². The van der Waals surface area contributed by atoms with Gasteiger partial charge in [0, 0.05) is 12.6 Å². The van der Waals surface area contributed by atoms with Crippen molar-refractivity contribution in [1.29, 1.82) is 0 Å². The van der Waals surface area contributed by atoms with Gasteiger partial charge in [-0.1, -0.05) is 12.1 Å². The average molecular weight is 296 g/mol. The summed E-state index contributed by atoms with van der Waals surface area (Å²) < 4.78 is 28.7. The fourth-order valence-electron chi connectivity index (χ4n) is 3.55. The van der Waals surface area contributed by atoms with Gasteiger partial charge in [0.1, 0.15) is 5.75 Å². The average Bonchev–Trinajstić information content (AvgIpc) is 2.94. The van der Waals surface area contributed by atoms with Crippen LogP contribution in [0, 0.1) is 11.8 Å². The Morgan fingerprint density at radius 3 is 2.62 bits per heavy atom. The minimum atomic E-state index is -2.76. The summed E-state index contributed by atoms with van der Waals surface area (Å²) in [5.41, 5.74) is 1.15. The van der Waals surface area contributed by atoms with Gasteiger partial charge in [-0.3, -0.25) is 4.90 Å². The summed E-state index contributed by atoms with van der Waals surface area (Å²) in [5, 5.41) is 3.47. The van der Waals surface area contributed by atoms with Crippen LogP contribution in [0.25, 0.3) is 0 Å². The Hall–Kier alpha value is -1.20. The maximum atomic E-state index is 12.2. The smallest absolute Gasteiger partial charge is 0.387 e. The van der Waals surface area contributed by atoms with E-state index in [1.165, 1.54) is 6.42 Å². The maximum absolute atomic E-state index is 12.2. The molecule has 0 bridgehead atoms. The zero-order valence-electron chi connectivity index (χ0n) is 12.3. The second kappa shape index (κ2) is 6.28. The fraction of sp³-hybridized carbons (Fsp3) is 0.625. The van der Waals surface area contributed by atoms with Crippen molar-refractivity contribution in [3.63, 3.8) is 0 Å². The first-order valence-electron chi connectivity index (χ1n) is 7.63. The Labute approximate surface area is 124 Å². The molecule has 3 unspecified atom stereocenters. The summed E-state index contributed by atoms with van der Waals surface area (Å²) in [6.07, 6.45) is 1.24. The molecule has 0 saturated carbocycles. The molecule has 2 aliphatic rings. The summed E-state index contributed by atoms with van der Waals surface area (Å²) in [7, 11) is 0. The molecule has 21 heavy (non-hydrogen) atoms. The number of likely N-dealkylation sites (tertiary alicyclic amines) is 1. The summed E-state index contributed by atoms with van der Waals surface area (Å²) in [4.78, 5) is 2.50. The molecule has 0 amide bonds. The predicted molar refractivity (Wildman–Crippen MR) is 77.5 cm³/mol. The van der Waals surface area contributed by atoms with Crippen molar-refractivity contribution >= 4 is 0 Å². The third-order valence-electron chi connectivity index (χ3n) is 4.87. The van der Waals surface area contributed by atoms with Crippen molar-refractivity contribution in [3.8, 4) is 5.75 Å². The molecule has 2 fully saturated rings. The van der Waals surface area contributed by atoms with E-state index < -0.39 is 6.61 Å². The third kappa shape index (κ3) is 3.35. The molecule has 3 nitrogen and oxygen atoms in total. The zero-order valence-corrected chi connectivity index (χ0v) is 12.3. The maximum Gasteiger partial charge on any atom is 0.387 e. The number of piperidine rings is 1. The SMILES string of the molecule is CC(c1ccc(OC(F)F)cc1)N1CCC2CNCC2C1.